The van der Waals surface area contributed by atoms with E-state index in [1.54, 1.807) is 0 Å². The van der Waals surface area contributed by atoms with Crippen LogP contribution in [0, 0.1) is 5.92 Å². The van der Waals surface area contributed by atoms with Crippen LogP contribution in [0.3, 0.4) is 0 Å². The summed E-state index contributed by atoms with van der Waals surface area (Å²) in [6.07, 6.45) is 4.19. The van der Waals surface area contributed by atoms with Crippen molar-refractivity contribution in [3.05, 3.63) is 0 Å². The predicted octanol–water partition coefficient (Wildman–Crippen LogP) is 1.79. The van der Waals surface area contributed by atoms with Crippen molar-refractivity contribution < 1.29 is 0 Å². The second-order valence-corrected chi connectivity index (χ2v) is 6.21. The molecule has 0 radical (unpaired) electrons. The minimum atomic E-state index is 0.713. The van der Waals surface area contributed by atoms with E-state index >= 15 is 0 Å². The summed E-state index contributed by atoms with van der Waals surface area (Å²) in [6, 6.07) is 1.56. The zero-order chi connectivity index (χ0) is 13.0. The molecule has 0 aliphatic carbocycles. The van der Waals surface area contributed by atoms with Crippen LogP contribution >= 0.6 is 0 Å². The van der Waals surface area contributed by atoms with E-state index in [1.807, 2.05) is 0 Å². The van der Waals surface area contributed by atoms with Gasteiger partial charge in [0.15, 0.2) is 0 Å². The molecule has 2 aliphatic rings. The van der Waals surface area contributed by atoms with Crippen LogP contribution in [0.2, 0.25) is 0 Å². The molecule has 2 fully saturated rings. The average molecular weight is 253 g/mol. The second-order valence-electron chi connectivity index (χ2n) is 6.21. The van der Waals surface area contributed by atoms with Gasteiger partial charge in [-0.25, -0.2) is 0 Å². The van der Waals surface area contributed by atoms with Crippen molar-refractivity contribution in [2.45, 2.75) is 52.1 Å². The van der Waals surface area contributed by atoms with Gasteiger partial charge in [0.1, 0.15) is 0 Å². The number of fused-ring (bicyclic) bond motifs is 1. The quantitative estimate of drug-likeness (QED) is 0.806. The van der Waals surface area contributed by atoms with Crippen LogP contribution in [0.1, 0.15) is 40.0 Å². The van der Waals surface area contributed by atoms with Crippen molar-refractivity contribution in [1.29, 1.82) is 0 Å². The maximum absolute atomic E-state index is 3.49. The third-order valence-corrected chi connectivity index (χ3v) is 4.95. The lowest BCUT2D eigenvalue weighted by Crippen LogP contribution is -2.45. The molecular formula is C15H31N3. The molecular weight excluding hydrogens is 222 g/mol. The lowest BCUT2D eigenvalue weighted by molar-refractivity contribution is 0.144. The molecule has 2 heterocycles. The number of nitrogens with one attached hydrogen (secondary N) is 1. The van der Waals surface area contributed by atoms with E-state index in [-0.39, 0.29) is 0 Å². The monoisotopic (exact) mass is 253 g/mol. The largest absolute Gasteiger partial charge is 0.317 e. The van der Waals surface area contributed by atoms with Crippen molar-refractivity contribution >= 4 is 0 Å². The van der Waals surface area contributed by atoms with Crippen molar-refractivity contribution in [2.24, 2.45) is 5.92 Å². The van der Waals surface area contributed by atoms with E-state index in [4.69, 9.17) is 0 Å². The summed E-state index contributed by atoms with van der Waals surface area (Å²) in [5, 5.41) is 3.49. The fourth-order valence-electron chi connectivity index (χ4n) is 3.51. The van der Waals surface area contributed by atoms with E-state index < -0.39 is 0 Å². The number of hydrogen-bond donors (Lipinski definition) is 1. The summed E-state index contributed by atoms with van der Waals surface area (Å²) >= 11 is 0. The molecule has 2 saturated heterocycles. The SMILES string of the molecule is CCNCC(C)C(C)N1CCCN2CCCC2C1. The Hall–Kier alpha value is -0.120. The number of hydrogen-bond acceptors (Lipinski definition) is 3. The summed E-state index contributed by atoms with van der Waals surface area (Å²) in [6.45, 7) is 14.5. The van der Waals surface area contributed by atoms with Crippen molar-refractivity contribution in [3.8, 4) is 0 Å². The first-order valence-electron chi connectivity index (χ1n) is 7.91. The molecule has 0 amide bonds. The van der Waals surface area contributed by atoms with Gasteiger partial charge in [0.05, 0.1) is 0 Å². The number of nitrogens with zero attached hydrogens (tertiary/aromatic N) is 2. The Morgan fingerprint density at radius 2 is 1.94 bits per heavy atom. The van der Waals surface area contributed by atoms with Gasteiger partial charge < -0.3 is 5.32 Å². The molecule has 2 aliphatic heterocycles. The molecule has 0 bridgehead atoms. The van der Waals surface area contributed by atoms with E-state index in [0.717, 1.165) is 25.0 Å². The minimum absolute atomic E-state index is 0.713. The Labute approximate surface area is 113 Å². The first-order chi connectivity index (χ1) is 8.72. The topological polar surface area (TPSA) is 18.5 Å². The Morgan fingerprint density at radius 1 is 1.17 bits per heavy atom. The lowest BCUT2D eigenvalue weighted by atomic mass is 10.0. The van der Waals surface area contributed by atoms with E-state index in [2.05, 4.69) is 35.9 Å². The molecule has 18 heavy (non-hydrogen) atoms. The highest BCUT2D eigenvalue weighted by Gasteiger charge is 2.31. The molecule has 106 valence electrons. The number of rotatable bonds is 5. The van der Waals surface area contributed by atoms with Gasteiger partial charge in [-0.1, -0.05) is 13.8 Å². The lowest BCUT2D eigenvalue weighted by Gasteiger charge is -2.34. The van der Waals surface area contributed by atoms with Crippen LogP contribution in [0.15, 0.2) is 0 Å². The maximum Gasteiger partial charge on any atom is 0.0223 e. The minimum Gasteiger partial charge on any atom is -0.317 e. The summed E-state index contributed by atoms with van der Waals surface area (Å²) in [7, 11) is 0. The van der Waals surface area contributed by atoms with Crippen molar-refractivity contribution in [1.82, 2.24) is 15.1 Å². The van der Waals surface area contributed by atoms with Gasteiger partial charge in [0, 0.05) is 18.6 Å². The van der Waals surface area contributed by atoms with Gasteiger partial charge >= 0.3 is 0 Å². The van der Waals surface area contributed by atoms with E-state index in [1.165, 1.54) is 45.4 Å². The molecule has 3 atom stereocenters. The molecule has 1 N–H and O–H groups in total. The highest BCUT2D eigenvalue weighted by atomic mass is 15.3. The molecule has 0 saturated carbocycles. The smallest absolute Gasteiger partial charge is 0.0223 e. The predicted molar refractivity (Wildman–Crippen MR) is 78.0 cm³/mol. The van der Waals surface area contributed by atoms with E-state index in [0.29, 0.717) is 6.04 Å². The first kappa shape index (κ1) is 14.3. The Balaban J connectivity index is 1.86. The Morgan fingerprint density at radius 3 is 2.72 bits per heavy atom. The van der Waals surface area contributed by atoms with Crippen molar-refractivity contribution in [2.75, 3.05) is 39.3 Å². The Kier molecular flexibility index (Phi) is 5.46. The third-order valence-electron chi connectivity index (χ3n) is 4.95. The molecule has 2 rings (SSSR count). The average Bonchev–Trinajstić information content (AvgIpc) is 2.72. The zero-order valence-electron chi connectivity index (χ0n) is 12.5. The van der Waals surface area contributed by atoms with Crippen LogP contribution in [0.5, 0.6) is 0 Å². The summed E-state index contributed by atoms with van der Waals surface area (Å²) in [5.74, 6) is 0.748. The molecule has 3 nitrogen and oxygen atoms in total. The fourth-order valence-corrected chi connectivity index (χ4v) is 3.51. The van der Waals surface area contributed by atoms with Gasteiger partial charge in [0.25, 0.3) is 0 Å². The zero-order valence-corrected chi connectivity index (χ0v) is 12.5. The molecule has 3 heteroatoms. The van der Waals surface area contributed by atoms with Crippen LogP contribution < -0.4 is 5.32 Å². The normalized spacial score (nSPS) is 29.8. The molecule has 0 aromatic carbocycles. The molecule has 0 spiro atoms. The fraction of sp³-hybridized carbons (Fsp3) is 1.00. The maximum atomic E-state index is 3.49. The summed E-state index contributed by atoms with van der Waals surface area (Å²) in [5.41, 5.74) is 0. The van der Waals surface area contributed by atoms with Gasteiger partial charge in [-0.15, -0.1) is 0 Å². The highest BCUT2D eigenvalue weighted by Crippen LogP contribution is 2.23. The van der Waals surface area contributed by atoms with Crippen LogP contribution in [0.25, 0.3) is 0 Å². The second kappa shape index (κ2) is 6.88. The summed E-state index contributed by atoms with van der Waals surface area (Å²) < 4.78 is 0. The summed E-state index contributed by atoms with van der Waals surface area (Å²) in [4.78, 5) is 5.47. The standard InChI is InChI=1S/C15H31N3/c1-4-16-11-13(2)14(3)18-10-6-9-17-8-5-7-15(17)12-18/h13-16H,4-12H2,1-3H3. The van der Waals surface area contributed by atoms with Gasteiger partial charge in [0.2, 0.25) is 0 Å². The molecule has 0 aromatic rings. The van der Waals surface area contributed by atoms with Gasteiger partial charge in [-0.3, -0.25) is 9.80 Å². The van der Waals surface area contributed by atoms with Gasteiger partial charge in [-0.05, 0) is 64.8 Å². The van der Waals surface area contributed by atoms with Crippen molar-refractivity contribution in [3.63, 3.8) is 0 Å². The molecule has 0 aromatic heterocycles. The van der Waals surface area contributed by atoms with E-state index in [9.17, 15) is 0 Å². The van der Waals surface area contributed by atoms with Crippen LogP contribution in [-0.4, -0.2) is 61.2 Å². The Bertz CT molecular complexity index is 244. The first-order valence-corrected chi connectivity index (χ1v) is 7.91. The third kappa shape index (κ3) is 3.46. The van der Waals surface area contributed by atoms with Gasteiger partial charge in [-0.2, -0.15) is 0 Å². The molecule has 3 unspecified atom stereocenters. The highest BCUT2D eigenvalue weighted by molar-refractivity contribution is 4.87. The van der Waals surface area contributed by atoms with Crippen LogP contribution in [-0.2, 0) is 0 Å². The van der Waals surface area contributed by atoms with Crippen LogP contribution in [0.4, 0.5) is 0 Å².